The molecule has 3 aliphatic heterocycles. The highest BCUT2D eigenvalue weighted by Crippen LogP contribution is 2.46. The third-order valence-electron chi connectivity index (χ3n) is 4.97. The van der Waals surface area contributed by atoms with Crippen molar-refractivity contribution in [1.29, 1.82) is 0 Å². The number of carbonyl (C=O) groups is 2. The number of amides is 1. The first-order chi connectivity index (χ1) is 9.06. The normalized spacial score (nSPS) is 30.4. The second-order valence-corrected chi connectivity index (χ2v) is 5.87. The summed E-state index contributed by atoms with van der Waals surface area (Å²) in [6.07, 6.45) is 1.79. The highest BCUT2D eigenvalue weighted by atomic mass is 16.5. The van der Waals surface area contributed by atoms with E-state index in [0.717, 1.165) is 31.6 Å². The van der Waals surface area contributed by atoms with Crippen LogP contribution in [0.15, 0.2) is 11.3 Å². The van der Waals surface area contributed by atoms with Crippen molar-refractivity contribution >= 4 is 11.9 Å². The molecule has 3 heterocycles. The zero-order valence-electron chi connectivity index (χ0n) is 11.5. The van der Waals surface area contributed by atoms with Gasteiger partial charge in [-0.05, 0) is 38.8 Å². The fraction of sp³-hybridized carbons (Fsp3) is 0.714. The molecule has 1 N–H and O–H groups in total. The molecular weight excluding hydrogens is 244 g/mol. The van der Waals surface area contributed by atoms with Gasteiger partial charge >= 0.3 is 5.97 Å². The number of hydrogen-bond acceptors (Lipinski definition) is 4. The lowest BCUT2D eigenvalue weighted by Crippen LogP contribution is -2.44. The summed E-state index contributed by atoms with van der Waals surface area (Å²) in [6, 6.07) is 0. The smallest absolute Gasteiger partial charge is 0.336 e. The van der Waals surface area contributed by atoms with E-state index in [1.54, 1.807) is 11.8 Å². The highest BCUT2D eigenvalue weighted by molar-refractivity contribution is 5.94. The zero-order valence-corrected chi connectivity index (χ0v) is 11.5. The summed E-state index contributed by atoms with van der Waals surface area (Å²) in [5.41, 5.74) is 1.13. The Morgan fingerprint density at radius 3 is 2.58 bits per heavy atom. The topological polar surface area (TPSA) is 58.6 Å². The predicted molar refractivity (Wildman–Crippen MR) is 69.1 cm³/mol. The first-order valence-corrected chi connectivity index (χ1v) is 6.96. The lowest BCUT2D eigenvalue weighted by Gasteiger charge is -2.35. The Bertz CT molecular complexity index is 463. The van der Waals surface area contributed by atoms with E-state index in [1.165, 1.54) is 0 Å². The summed E-state index contributed by atoms with van der Waals surface area (Å²) >= 11 is 0. The minimum Gasteiger partial charge on any atom is -0.456 e. The van der Waals surface area contributed by atoms with E-state index < -0.39 is 0 Å². The molecule has 0 aromatic heterocycles. The minimum atomic E-state index is -0.290. The van der Waals surface area contributed by atoms with Gasteiger partial charge in [-0.1, -0.05) is 6.92 Å². The second-order valence-electron chi connectivity index (χ2n) is 5.87. The van der Waals surface area contributed by atoms with Crippen molar-refractivity contribution in [2.45, 2.75) is 26.7 Å². The molecule has 19 heavy (non-hydrogen) atoms. The van der Waals surface area contributed by atoms with Gasteiger partial charge in [-0.15, -0.1) is 0 Å². The van der Waals surface area contributed by atoms with Crippen LogP contribution in [0.3, 0.4) is 0 Å². The minimum absolute atomic E-state index is 0.189. The number of esters is 1. The van der Waals surface area contributed by atoms with Crippen molar-refractivity contribution < 1.29 is 14.3 Å². The molecule has 1 atom stereocenters. The number of cyclic esters (lactones) is 1. The molecule has 0 radical (unpaired) electrons. The fourth-order valence-corrected chi connectivity index (χ4v) is 3.57. The van der Waals surface area contributed by atoms with Crippen molar-refractivity contribution in [3.8, 4) is 0 Å². The Hall–Kier alpha value is -1.36. The van der Waals surface area contributed by atoms with Gasteiger partial charge in [0.2, 0.25) is 5.91 Å². The Labute approximate surface area is 113 Å². The van der Waals surface area contributed by atoms with Gasteiger partial charge in [0.05, 0.1) is 16.7 Å². The standard InChI is InChI=1S/C14H20N2O3/c1-9-7-16(11-8-19-12(17)10(11)2)13(18)14(9)3-5-15-6-4-14/h9,15H,3-8H2,1-2H3/t9-/m1/s1. The molecule has 5 nitrogen and oxygen atoms in total. The molecule has 0 saturated carbocycles. The van der Waals surface area contributed by atoms with E-state index >= 15 is 0 Å². The maximum absolute atomic E-state index is 12.8. The Morgan fingerprint density at radius 1 is 1.32 bits per heavy atom. The van der Waals surface area contributed by atoms with Crippen LogP contribution in [-0.4, -0.2) is 43.0 Å². The van der Waals surface area contributed by atoms with Gasteiger partial charge < -0.3 is 15.0 Å². The summed E-state index contributed by atoms with van der Waals surface area (Å²) in [4.78, 5) is 26.1. The number of hydrogen-bond donors (Lipinski definition) is 1. The summed E-state index contributed by atoms with van der Waals surface area (Å²) < 4.78 is 5.03. The largest absolute Gasteiger partial charge is 0.456 e. The number of nitrogens with zero attached hydrogens (tertiary/aromatic N) is 1. The zero-order chi connectivity index (χ0) is 13.6. The SMILES string of the molecule is CC1=C(N2C[C@@H](C)C3(CCNCC3)C2=O)COC1=O. The van der Waals surface area contributed by atoms with E-state index in [0.29, 0.717) is 18.0 Å². The number of nitrogens with one attached hydrogen (secondary N) is 1. The quantitative estimate of drug-likeness (QED) is 0.707. The van der Waals surface area contributed by atoms with Gasteiger partial charge in [0.25, 0.3) is 0 Å². The first kappa shape index (κ1) is 12.7. The molecular formula is C14H20N2O3. The number of piperidine rings is 1. The Morgan fingerprint density at radius 2 is 2.00 bits per heavy atom. The Balaban J connectivity index is 1.91. The van der Waals surface area contributed by atoms with Crippen LogP contribution in [0.4, 0.5) is 0 Å². The van der Waals surface area contributed by atoms with Crippen LogP contribution in [0.25, 0.3) is 0 Å². The molecule has 0 aromatic rings. The van der Waals surface area contributed by atoms with Crippen LogP contribution in [0, 0.1) is 11.3 Å². The van der Waals surface area contributed by atoms with E-state index in [1.807, 2.05) is 0 Å². The second kappa shape index (κ2) is 4.34. The molecule has 2 saturated heterocycles. The van der Waals surface area contributed by atoms with Crippen molar-refractivity contribution in [3.05, 3.63) is 11.3 Å². The lowest BCUT2D eigenvalue weighted by molar-refractivity contribution is -0.138. The summed E-state index contributed by atoms with van der Waals surface area (Å²) in [5, 5.41) is 3.32. The van der Waals surface area contributed by atoms with E-state index in [9.17, 15) is 9.59 Å². The van der Waals surface area contributed by atoms with Crippen LogP contribution in [0.5, 0.6) is 0 Å². The average Bonchev–Trinajstić information content (AvgIpc) is 2.86. The maximum Gasteiger partial charge on any atom is 0.336 e. The average molecular weight is 264 g/mol. The Kier molecular flexibility index (Phi) is 2.89. The van der Waals surface area contributed by atoms with Gasteiger partial charge in [0, 0.05) is 6.54 Å². The molecule has 0 unspecified atom stereocenters. The van der Waals surface area contributed by atoms with Crippen molar-refractivity contribution in [2.75, 3.05) is 26.2 Å². The van der Waals surface area contributed by atoms with Crippen LogP contribution in [0.1, 0.15) is 26.7 Å². The fourth-order valence-electron chi connectivity index (χ4n) is 3.57. The molecule has 1 spiro atoms. The van der Waals surface area contributed by atoms with E-state index in [4.69, 9.17) is 4.74 Å². The molecule has 2 fully saturated rings. The molecule has 1 amide bonds. The highest BCUT2D eigenvalue weighted by Gasteiger charge is 2.53. The van der Waals surface area contributed by atoms with Crippen LogP contribution < -0.4 is 5.32 Å². The lowest BCUT2D eigenvalue weighted by atomic mass is 9.71. The third kappa shape index (κ3) is 1.71. The number of rotatable bonds is 1. The molecule has 104 valence electrons. The van der Waals surface area contributed by atoms with Gasteiger partial charge in [-0.3, -0.25) is 4.79 Å². The molecule has 0 bridgehead atoms. The summed E-state index contributed by atoms with van der Waals surface area (Å²) in [7, 11) is 0. The van der Waals surface area contributed by atoms with Gasteiger partial charge in [0.15, 0.2) is 0 Å². The number of carbonyl (C=O) groups excluding carboxylic acids is 2. The van der Waals surface area contributed by atoms with Crippen LogP contribution in [0.2, 0.25) is 0 Å². The third-order valence-corrected chi connectivity index (χ3v) is 4.97. The molecule has 3 aliphatic rings. The van der Waals surface area contributed by atoms with E-state index in [2.05, 4.69) is 12.2 Å². The summed E-state index contributed by atoms with van der Waals surface area (Å²) in [5.74, 6) is 0.231. The molecule has 3 rings (SSSR count). The molecule has 5 heteroatoms. The van der Waals surface area contributed by atoms with Gasteiger partial charge in [-0.2, -0.15) is 0 Å². The predicted octanol–water partition coefficient (Wildman–Crippen LogP) is 0.665. The van der Waals surface area contributed by atoms with Crippen molar-refractivity contribution in [3.63, 3.8) is 0 Å². The van der Waals surface area contributed by atoms with Crippen LogP contribution >= 0.6 is 0 Å². The van der Waals surface area contributed by atoms with Crippen LogP contribution in [-0.2, 0) is 14.3 Å². The van der Waals surface area contributed by atoms with Gasteiger partial charge in [0.1, 0.15) is 6.61 Å². The van der Waals surface area contributed by atoms with Crippen molar-refractivity contribution in [2.24, 2.45) is 11.3 Å². The number of likely N-dealkylation sites (tertiary alicyclic amines) is 1. The first-order valence-electron chi connectivity index (χ1n) is 6.96. The van der Waals surface area contributed by atoms with Gasteiger partial charge in [-0.25, -0.2) is 4.79 Å². The van der Waals surface area contributed by atoms with Crippen molar-refractivity contribution in [1.82, 2.24) is 10.2 Å². The monoisotopic (exact) mass is 264 g/mol. The van der Waals surface area contributed by atoms with E-state index in [-0.39, 0.29) is 23.9 Å². The summed E-state index contributed by atoms with van der Waals surface area (Å²) in [6.45, 7) is 6.65. The molecule has 0 aromatic carbocycles. The molecule has 0 aliphatic carbocycles. The maximum atomic E-state index is 12.8. The number of ether oxygens (including phenoxy) is 1.